The number of unbranched alkanes of at least 4 members (excludes halogenated alkanes) is 10. The largest absolute Gasteiger partial charge is 0.597 e. The maximum atomic E-state index is 11.9. The van der Waals surface area contributed by atoms with Crippen molar-refractivity contribution >= 4 is 16.7 Å². The van der Waals surface area contributed by atoms with Gasteiger partial charge in [0, 0.05) is 0 Å². The molecule has 3 nitrogen and oxygen atoms in total. The van der Waals surface area contributed by atoms with Gasteiger partial charge in [0.1, 0.15) is 6.42 Å². The van der Waals surface area contributed by atoms with Gasteiger partial charge in [-0.15, -0.1) is 0 Å². The second-order valence-corrected chi connectivity index (χ2v) is 7.72. The van der Waals surface area contributed by atoms with E-state index in [4.69, 9.17) is 4.84 Å². The van der Waals surface area contributed by atoms with Crippen LogP contribution in [0.3, 0.4) is 0 Å². The minimum absolute atomic E-state index is 0.156. The summed E-state index contributed by atoms with van der Waals surface area (Å²) in [5.41, 5.74) is 3.97. The van der Waals surface area contributed by atoms with Gasteiger partial charge in [-0.2, -0.15) is 4.84 Å². The van der Waals surface area contributed by atoms with E-state index in [0.717, 1.165) is 18.4 Å². The van der Waals surface area contributed by atoms with Gasteiger partial charge in [-0.1, -0.05) is 114 Å². The summed E-state index contributed by atoms with van der Waals surface area (Å²) in [6.45, 7) is 2.79. The lowest BCUT2D eigenvalue weighted by molar-refractivity contribution is -0.151. The SMILES string of the molecule is CCCCCCCCCCCCCC(=[O+])ONCc1cccc2ccccc12. The molecule has 0 unspecified atom stereocenters. The van der Waals surface area contributed by atoms with Crippen LogP contribution >= 0.6 is 0 Å². The molecule has 153 valence electrons. The molecule has 0 heterocycles. The fourth-order valence-corrected chi connectivity index (χ4v) is 3.63. The average molecular weight is 384 g/mol. The Morgan fingerprint density at radius 1 is 0.786 bits per heavy atom. The van der Waals surface area contributed by atoms with E-state index < -0.39 is 0 Å². The van der Waals surface area contributed by atoms with E-state index >= 15 is 0 Å². The number of carbonyl (C=O) groups excluding carboxylic acids is 1. The highest BCUT2D eigenvalue weighted by molar-refractivity contribution is 5.85. The number of nitrogens with one attached hydrogen (secondary N) is 1. The Bertz CT molecular complexity index is 678. The Morgan fingerprint density at radius 2 is 1.39 bits per heavy atom. The van der Waals surface area contributed by atoms with Gasteiger partial charge in [-0.3, -0.25) is 0 Å². The smallest absolute Gasteiger partial charge is 0.199 e. The third-order valence-corrected chi connectivity index (χ3v) is 5.31. The maximum Gasteiger partial charge on any atom is 0.597 e. The highest BCUT2D eigenvalue weighted by Gasteiger charge is 2.16. The Labute approximate surface area is 170 Å². The first-order chi connectivity index (χ1) is 13.8. The van der Waals surface area contributed by atoms with E-state index in [2.05, 4.69) is 36.7 Å². The molecular weight excluding hydrogens is 346 g/mol. The molecule has 0 aliphatic rings. The standard InChI is InChI=1S/C25H37NO2/c1-2-3-4-5-6-7-8-9-10-11-12-20-25(27)28-26-21-23-18-15-17-22-16-13-14-19-24(22)23/h13-19,26H,2-12,20-21H2,1H3/q+1. The molecule has 2 aromatic rings. The number of hydrogen-bond donors (Lipinski definition) is 1. The Kier molecular flexibility index (Phi) is 11.3. The summed E-state index contributed by atoms with van der Waals surface area (Å²) in [5, 5.41) is 2.40. The molecular formula is C25H37NO2+. The molecule has 1 N–H and O–H groups in total. The van der Waals surface area contributed by atoms with E-state index in [9.17, 15) is 4.79 Å². The van der Waals surface area contributed by atoms with Crippen LogP contribution in [0, 0.1) is 0 Å². The van der Waals surface area contributed by atoms with Crippen LogP contribution in [0.5, 0.6) is 0 Å². The van der Waals surface area contributed by atoms with Crippen LogP contribution in [0.2, 0.25) is 0 Å². The normalized spacial score (nSPS) is 11.0. The first-order valence-electron chi connectivity index (χ1n) is 11.2. The van der Waals surface area contributed by atoms with Gasteiger partial charge in [0.15, 0.2) is 0 Å². The van der Waals surface area contributed by atoms with E-state index in [1.54, 1.807) is 0 Å². The van der Waals surface area contributed by atoms with Crippen molar-refractivity contribution < 1.29 is 9.63 Å². The lowest BCUT2D eigenvalue weighted by Crippen LogP contribution is -2.19. The zero-order chi connectivity index (χ0) is 19.9. The van der Waals surface area contributed by atoms with Crippen LogP contribution in [0.25, 0.3) is 10.8 Å². The van der Waals surface area contributed by atoms with Gasteiger partial charge < -0.3 is 0 Å². The molecule has 2 aromatic carbocycles. The summed E-state index contributed by atoms with van der Waals surface area (Å²) in [4.78, 5) is 17.1. The van der Waals surface area contributed by atoms with E-state index in [0.29, 0.717) is 13.0 Å². The van der Waals surface area contributed by atoms with Crippen molar-refractivity contribution in [3.63, 3.8) is 0 Å². The van der Waals surface area contributed by atoms with Gasteiger partial charge in [-0.25, -0.2) is 0 Å². The molecule has 0 bridgehead atoms. The highest BCUT2D eigenvalue weighted by Crippen LogP contribution is 2.18. The summed E-state index contributed by atoms with van der Waals surface area (Å²) in [6.07, 6.45) is 14.6. The van der Waals surface area contributed by atoms with Crippen LogP contribution in [0.1, 0.15) is 89.5 Å². The van der Waals surface area contributed by atoms with Gasteiger partial charge in [0.2, 0.25) is 0 Å². The second-order valence-electron chi connectivity index (χ2n) is 7.72. The van der Waals surface area contributed by atoms with Crippen molar-refractivity contribution in [1.82, 2.24) is 5.48 Å². The first-order valence-corrected chi connectivity index (χ1v) is 11.2. The molecule has 0 atom stereocenters. The fraction of sp³-hybridized carbons (Fsp3) is 0.560. The quantitative estimate of drug-likeness (QED) is 0.203. The second kappa shape index (κ2) is 14.2. The number of fused-ring (bicyclic) bond motifs is 1. The number of hydrogen-bond acceptors (Lipinski definition) is 3. The number of carbonyl (C=O) groups is 1. The molecule has 0 saturated heterocycles. The first kappa shape index (κ1) is 22.4. The van der Waals surface area contributed by atoms with Crippen molar-refractivity contribution in [2.24, 2.45) is 0 Å². The van der Waals surface area contributed by atoms with Crippen molar-refractivity contribution in [3.8, 4) is 0 Å². The number of rotatable bonds is 15. The highest BCUT2D eigenvalue weighted by atomic mass is 16.7. The van der Waals surface area contributed by atoms with Crippen molar-refractivity contribution in [2.45, 2.75) is 90.5 Å². The summed E-state index contributed by atoms with van der Waals surface area (Å²) in [7, 11) is 0. The lowest BCUT2D eigenvalue weighted by atomic mass is 10.1. The topological polar surface area (TPSA) is 41.2 Å². The Balaban J connectivity index is 1.47. The molecule has 0 saturated carbocycles. The summed E-state index contributed by atoms with van der Waals surface area (Å²) in [5.74, 6) is -0.156. The summed E-state index contributed by atoms with van der Waals surface area (Å²) >= 11 is 0. The molecule has 0 spiro atoms. The molecule has 0 aliphatic heterocycles. The molecule has 3 heteroatoms. The molecule has 0 aromatic heterocycles. The van der Waals surface area contributed by atoms with Crippen molar-refractivity contribution in [3.05, 3.63) is 48.0 Å². The van der Waals surface area contributed by atoms with E-state index in [-0.39, 0.29) is 5.97 Å². The minimum atomic E-state index is -0.156. The molecule has 0 amide bonds. The lowest BCUT2D eigenvalue weighted by Gasteiger charge is -2.04. The van der Waals surface area contributed by atoms with Crippen LogP contribution in [0.15, 0.2) is 42.5 Å². The van der Waals surface area contributed by atoms with Crippen LogP contribution in [-0.4, -0.2) is 5.97 Å². The summed E-state index contributed by atoms with van der Waals surface area (Å²) in [6, 6.07) is 14.4. The third kappa shape index (κ3) is 8.88. The van der Waals surface area contributed by atoms with Crippen molar-refractivity contribution in [1.29, 1.82) is 0 Å². The van der Waals surface area contributed by atoms with Gasteiger partial charge in [0.05, 0.1) is 11.3 Å². The zero-order valence-corrected chi connectivity index (χ0v) is 17.6. The predicted octanol–water partition coefficient (Wildman–Crippen LogP) is 7.09. The monoisotopic (exact) mass is 383 g/mol. The maximum absolute atomic E-state index is 11.9. The molecule has 0 aliphatic carbocycles. The van der Waals surface area contributed by atoms with Crippen LogP contribution in [-0.2, 0) is 16.2 Å². The predicted molar refractivity (Wildman–Crippen MR) is 118 cm³/mol. The number of benzene rings is 2. The third-order valence-electron chi connectivity index (χ3n) is 5.31. The van der Waals surface area contributed by atoms with Gasteiger partial charge in [-0.05, 0) is 28.2 Å². The van der Waals surface area contributed by atoms with E-state index in [1.165, 1.54) is 68.6 Å². The van der Waals surface area contributed by atoms with Crippen LogP contribution in [0.4, 0.5) is 0 Å². The van der Waals surface area contributed by atoms with Gasteiger partial charge in [0.25, 0.3) is 0 Å². The molecule has 28 heavy (non-hydrogen) atoms. The Morgan fingerprint density at radius 3 is 2.11 bits per heavy atom. The fourth-order valence-electron chi connectivity index (χ4n) is 3.63. The molecule has 1 radical (unpaired) electrons. The Hall–Kier alpha value is -1.87. The van der Waals surface area contributed by atoms with Crippen molar-refractivity contribution in [2.75, 3.05) is 0 Å². The molecule has 2 rings (SSSR count). The summed E-state index contributed by atoms with van der Waals surface area (Å²) < 4.78 is 0. The minimum Gasteiger partial charge on any atom is -0.199 e. The van der Waals surface area contributed by atoms with Gasteiger partial charge >= 0.3 is 5.97 Å². The zero-order valence-electron chi connectivity index (χ0n) is 17.6. The number of hydroxylamine groups is 1. The average Bonchev–Trinajstić information content (AvgIpc) is 2.72. The van der Waals surface area contributed by atoms with Crippen LogP contribution < -0.4 is 5.48 Å². The molecule has 0 fully saturated rings. The van der Waals surface area contributed by atoms with E-state index in [1.807, 2.05) is 18.2 Å².